The van der Waals surface area contributed by atoms with Crippen LogP contribution in [0, 0.1) is 12.8 Å². The third kappa shape index (κ3) is 4.56. The van der Waals surface area contributed by atoms with Crippen molar-refractivity contribution in [3.05, 3.63) is 29.3 Å². The van der Waals surface area contributed by atoms with Crippen LogP contribution >= 0.6 is 0 Å². The fraction of sp³-hybridized carbons (Fsp3) is 0.533. The number of nitrogens with one attached hydrogen (secondary N) is 1. The smallest absolute Gasteiger partial charge is 0.337 e. The number of aryl methyl sites for hydroxylation is 1. The normalized spacial score (nSPS) is 14.4. The first-order chi connectivity index (χ1) is 9.16. The zero-order valence-corrected chi connectivity index (χ0v) is 11.3. The molecule has 0 atom stereocenters. The monoisotopic (exact) mass is 263 g/mol. The second-order valence-electron chi connectivity index (χ2n) is 5.15. The summed E-state index contributed by atoms with van der Waals surface area (Å²) in [6, 6.07) is 5.43. The molecule has 2 N–H and O–H groups in total. The van der Waals surface area contributed by atoms with Gasteiger partial charge in [0.1, 0.15) is 0 Å². The van der Waals surface area contributed by atoms with Crippen molar-refractivity contribution in [2.45, 2.75) is 26.2 Å². The highest BCUT2D eigenvalue weighted by atomic mass is 16.5. The Kier molecular flexibility index (Phi) is 4.80. The molecule has 1 fully saturated rings. The lowest BCUT2D eigenvalue weighted by Gasteiger charge is -2.10. The fourth-order valence-electron chi connectivity index (χ4n) is 1.92. The highest BCUT2D eigenvalue weighted by Crippen LogP contribution is 2.28. The number of hydrogen-bond donors (Lipinski definition) is 2. The van der Waals surface area contributed by atoms with Crippen LogP contribution in [0.1, 0.15) is 35.2 Å². The van der Waals surface area contributed by atoms with Crippen molar-refractivity contribution < 1.29 is 14.6 Å². The van der Waals surface area contributed by atoms with Gasteiger partial charge in [-0.25, -0.2) is 4.79 Å². The van der Waals surface area contributed by atoms with Crippen LogP contribution in [0.15, 0.2) is 18.2 Å². The first kappa shape index (κ1) is 13.9. The number of anilines is 1. The molecule has 2 rings (SSSR count). The van der Waals surface area contributed by atoms with Crippen LogP contribution in [-0.2, 0) is 4.74 Å². The van der Waals surface area contributed by atoms with Gasteiger partial charge < -0.3 is 15.2 Å². The van der Waals surface area contributed by atoms with Crippen molar-refractivity contribution in [3.63, 3.8) is 0 Å². The van der Waals surface area contributed by atoms with Crippen LogP contribution in [0.3, 0.4) is 0 Å². The molecule has 0 amide bonds. The minimum Gasteiger partial charge on any atom is -0.478 e. The van der Waals surface area contributed by atoms with Gasteiger partial charge in [0.2, 0.25) is 0 Å². The number of ether oxygens (including phenoxy) is 1. The number of benzene rings is 1. The lowest BCUT2D eigenvalue weighted by Crippen LogP contribution is -2.10. The van der Waals surface area contributed by atoms with E-state index in [4.69, 9.17) is 9.84 Å². The maximum atomic E-state index is 11.1. The number of carbonyl (C=O) groups is 1. The molecule has 4 nitrogen and oxygen atoms in total. The molecule has 104 valence electrons. The van der Waals surface area contributed by atoms with Crippen molar-refractivity contribution in [2.75, 3.05) is 25.1 Å². The van der Waals surface area contributed by atoms with Crippen LogP contribution in [-0.4, -0.2) is 30.8 Å². The predicted octanol–water partition coefficient (Wildman–Crippen LogP) is 2.92. The standard InChI is InChI=1S/C15H21NO3/c1-11-3-6-14(13(9-11)15(17)18)16-7-2-8-19-10-12-4-5-12/h3,6,9,12,16H,2,4-5,7-8,10H2,1H3,(H,17,18). The van der Waals surface area contributed by atoms with Crippen molar-refractivity contribution in [1.82, 2.24) is 0 Å². The summed E-state index contributed by atoms with van der Waals surface area (Å²) < 4.78 is 5.54. The van der Waals surface area contributed by atoms with E-state index in [9.17, 15) is 4.79 Å². The molecule has 19 heavy (non-hydrogen) atoms. The van der Waals surface area contributed by atoms with E-state index < -0.39 is 5.97 Å². The zero-order chi connectivity index (χ0) is 13.7. The third-order valence-electron chi connectivity index (χ3n) is 3.24. The summed E-state index contributed by atoms with van der Waals surface area (Å²) in [5, 5.41) is 12.3. The average Bonchev–Trinajstić information content (AvgIpc) is 3.19. The minimum absolute atomic E-state index is 0.332. The molecule has 0 aliphatic heterocycles. The summed E-state index contributed by atoms with van der Waals surface area (Å²) in [5.41, 5.74) is 1.97. The molecule has 4 heteroatoms. The lowest BCUT2D eigenvalue weighted by atomic mass is 10.1. The largest absolute Gasteiger partial charge is 0.478 e. The summed E-state index contributed by atoms with van der Waals surface area (Å²) in [6.07, 6.45) is 3.51. The fourth-order valence-corrected chi connectivity index (χ4v) is 1.92. The Morgan fingerprint density at radius 2 is 2.26 bits per heavy atom. The molecule has 1 aromatic carbocycles. The van der Waals surface area contributed by atoms with Crippen molar-refractivity contribution in [3.8, 4) is 0 Å². The van der Waals surface area contributed by atoms with Gasteiger partial charge in [-0.3, -0.25) is 0 Å². The Labute approximate surface area is 113 Å². The van der Waals surface area contributed by atoms with Gasteiger partial charge in [0.25, 0.3) is 0 Å². The van der Waals surface area contributed by atoms with Crippen LogP contribution in [0.2, 0.25) is 0 Å². The molecule has 0 heterocycles. The van der Waals surface area contributed by atoms with Crippen molar-refractivity contribution >= 4 is 11.7 Å². The van der Waals surface area contributed by atoms with Gasteiger partial charge in [-0.1, -0.05) is 11.6 Å². The third-order valence-corrected chi connectivity index (χ3v) is 3.24. The van der Waals surface area contributed by atoms with E-state index in [0.29, 0.717) is 11.3 Å². The van der Waals surface area contributed by atoms with Gasteiger partial charge in [0, 0.05) is 25.4 Å². The number of aromatic carboxylic acids is 1. The van der Waals surface area contributed by atoms with Gasteiger partial charge in [-0.15, -0.1) is 0 Å². The summed E-state index contributed by atoms with van der Waals surface area (Å²) in [6.45, 7) is 4.23. The second-order valence-corrected chi connectivity index (χ2v) is 5.15. The maximum absolute atomic E-state index is 11.1. The van der Waals surface area contributed by atoms with Gasteiger partial charge in [-0.05, 0) is 44.2 Å². The van der Waals surface area contributed by atoms with Crippen LogP contribution in [0.5, 0.6) is 0 Å². The molecular weight excluding hydrogens is 242 g/mol. The molecule has 0 unspecified atom stereocenters. The number of rotatable bonds is 8. The van der Waals surface area contributed by atoms with Gasteiger partial charge in [0.05, 0.1) is 5.56 Å². The Hall–Kier alpha value is -1.55. The maximum Gasteiger partial charge on any atom is 0.337 e. The Morgan fingerprint density at radius 3 is 2.95 bits per heavy atom. The predicted molar refractivity (Wildman–Crippen MR) is 74.8 cm³/mol. The molecular formula is C15H21NO3. The Morgan fingerprint density at radius 1 is 1.47 bits per heavy atom. The second kappa shape index (κ2) is 6.57. The molecule has 0 saturated heterocycles. The van der Waals surface area contributed by atoms with Gasteiger partial charge in [0.15, 0.2) is 0 Å². The van der Waals surface area contributed by atoms with Crippen LogP contribution in [0.4, 0.5) is 5.69 Å². The SMILES string of the molecule is Cc1ccc(NCCCOCC2CC2)c(C(=O)O)c1. The topological polar surface area (TPSA) is 58.6 Å². The highest BCUT2D eigenvalue weighted by molar-refractivity contribution is 5.94. The van der Waals surface area contributed by atoms with E-state index in [-0.39, 0.29) is 0 Å². The van der Waals surface area contributed by atoms with Crippen LogP contribution < -0.4 is 5.32 Å². The van der Waals surface area contributed by atoms with E-state index in [0.717, 1.165) is 37.7 Å². The molecule has 0 bridgehead atoms. The van der Waals surface area contributed by atoms with Gasteiger partial charge >= 0.3 is 5.97 Å². The molecule has 1 aliphatic carbocycles. The molecule has 1 saturated carbocycles. The molecule has 0 aromatic heterocycles. The summed E-state index contributed by atoms with van der Waals surface area (Å²) in [4.78, 5) is 11.1. The summed E-state index contributed by atoms with van der Waals surface area (Å²) >= 11 is 0. The lowest BCUT2D eigenvalue weighted by molar-refractivity contribution is 0.0698. The Balaban J connectivity index is 1.73. The zero-order valence-electron chi connectivity index (χ0n) is 11.3. The highest BCUT2D eigenvalue weighted by Gasteiger charge is 2.20. The van der Waals surface area contributed by atoms with Crippen LogP contribution in [0.25, 0.3) is 0 Å². The van der Waals surface area contributed by atoms with E-state index in [1.54, 1.807) is 6.07 Å². The number of carboxylic acids is 1. The minimum atomic E-state index is -0.892. The summed E-state index contributed by atoms with van der Waals surface area (Å²) in [5.74, 6) is -0.0974. The average molecular weight is 263 g/mol. The molecule has 1 aliphatic rings. The van der Waals surface area contributed by atoms with Crippen molar-refractivity contribution in [2.24, 2.45) is 5.92 Å². The van der Waals surface area contributed by atoms with E-state index in [1.807, 2.05) is 19.1 Å². The van der Waals surface area contributed by atoms with E-state index >= 15 is 0 Å². The molecule has 0 spiro atoms. The summed E-state index contributed by atoms with van der Waals surface area (Å²) in [7, 11) is 0. The quantitative estimate of drug-likeness (QED) is 0.708. The number of hydrogen-bond acceptors (Lipinski definition) is 3. The van der Waals surface area contributed by atoms with E-state index in [2.05, 4.69) is 5.32 Å². The molecule has 1 aromatic rings. The number of carboxylic acid groups (broad SMARTS) is 1. The van der Waals surface area contributed by atoms with Crippen molar-refractivity contribution in [1.29, 1.82) is 0 Å². The first-order valence-electron chi connectivity index (χ1n) is 6.82. The van der Waals surface area contributed by atoms with E-state index in [1.165, 1.54) is 12.8 Å². The van der Waals surface area contributed by atoms with Gasteiger partial charge in [-0.2, -0.15) is 0 Å². The molecule has 0 radical (unpaired) electrons. The first-order valence-corrected chi connectivity index (χ1v) is 6.82. The Bertz CT molecular complexity index is 441.